The van der Waals surface area contributed by atoms with E-state index in [2.05, 4.69) is 0 Å². The van der Waals surface area contributed by atoms with E-state index in [0.29, 0.717) is 22.4 Å². The summed E-state index contributed by atoms with van der Waals surface area (Å²) in [4.78, 5) is 26.3. The molecule has 0 spiro atoms. The van der Waals surface area contributed by atoms with Crippen LogP contribution in [0.3, 0.4) is 0 Å². The Kier molecular flexibility index (Phi) is 7.22. The number of hydrogen-bond donors (Lipinski definition) is 0. The van der Waals surface area contributed by atoms with Crippen LogP contribution in [-0.4, -0.2) is 48.9 Å². The van der Waals surface area contributed by atoms with Crippen LogP contribution in [-0.2, 0) is 19.1 Å². The molecule has 1 aliphatic rings. The number of rotatable bonds is 6. The lowest BCUT2D eigenvalue weighted by atomic mass is 10.1. The first-order chi connectivity index (χ1) is 11.5. The SMILES string of the molecule is CCCOC(=O)C1CSC(c2ccc(Cl)c(Cl)c2)N1C(=O)COC. The van der Waals surface area contributed by atoms with Crippen molar-refractivity contribution >= 4 is 46.8 Å². The van der Waals surface area contributed by atoms with Gasteiger partial charge in [-0.15, -0.1) is 11.8 Å². The standard InChI is InChI=1S/C16H19Cl2NO4S/c1-3-6-23-16(21)13-9-24-15(19(13)14(20)8-22-2)10-4-5-11(17)12(18)7-10/h4-5,7,13,15H,3,6,8-9H2,1-2H3. The Morgan fingerprint density at radius 2 is 2.08 bits per heavy atom. The minimum atomic E-state index is -0.636. The highest BCUT2D eigenvalue weighted by Gasteiger charge is 2.43. The average Bonchev–Trinajstić information content (AvgIpc) is 3.00. The van der Waals surface area contributed by atoms with Gasteiger partial charge in [0.05, 0.1) is 16.7 Å². The summed E-state index contributed by atoms with van der Waals surface area (Å²) >= 11 is 13.5. The molecule has 8 heteroatoms. The van der Waals surface area contributed by atoms with E-state index in [1.807, 2.05) is 6.92 Å². The van der Waals surface area contributed by atoms with E-state index in [1.165, 1.54) is 23.8 Å². The molecule has 1 heterocycles. The zero-order valence-corrected chi connectivity index (χ0v) is 15.8. The van der Waals surface area contributed by atoms with Crippen molar-refractivity contribution in [3.8, 4) is 0 Å². The molecule has 1 fully saturated rings. The van der Waals surface area contributed by atoms with Crippen molar-refractivity contribution in [3.63, 3.8) is 0 Å². The highest BCUT2D eigenvalue weighted by atomic mass is 35.5. The average molecular weight is 392 g/mol. The van der Waals surface area contributed by atoms with Crippen molar-refractivity contribution in [3.05, 3.63) is 33.8 Å². The summed E-state index contributed by atoms with van der Waals surface area (Å²) in [5.41, 5.74) is 0.810. The van der Waals surface area contributed by atoms with Gasteiger partial charge in [-0.1, -0.05) is 36.2 Å². The third-order valence-electron chi connectivity index (χ3n) is 3.51. The van der Waals surface area contributed by atoms with Crippen LogP contribution in [0.5, 0.6) is 0 Å². The zero-order chi connectivity index (χ0) is 17.7. The summed E-state index contributed by atoms with van der Waals surface area (Å²) < 4.78 is 10.2. The lowest BCUT2D eigenvalue weighted by molar-refractivity contribution is -0.155. The number of hydrogen-bond acceptors (Lipinski definition) is 5. The molecular formula is C16H19Cl2NO4S. The molecular weight excluding hydrogens is 373 g/mol. The Bertz CT molecular complexity index is 614. The normalized spacial score (nSPS) is 20.2. The quantitative estimate of drug-likeness (QED) is 0.694. The molecule has 0 N–H and O–H groups in total. The van der Waals surface area contributed by atoms with Crippen LogP contribution in [0.15, 0.2) is 18.2 Å². The predicted molar refractivity (Wildman–Crippen MR) is 95.4 cm³/mol. The van der Waals surface area contributed by atoms with Crippen molar-refractivity contribution in [2.24, 2.45) is 0 Å². The summed E-state index contributed by atoms with van der Waals surface area (Å²) in [5, 5.41) is 0.518. The van der Waals surface area contributed by atoms with E-state index in [-0.39, 0.29) is 17.9 Å². The fraction of sp³-hybridized carbons (Fsp3) is 0.500. The van der Waals surface area contributed by atoms with Crippen LogP contribution in [0, 0.1) is 0 Å². The summed E-state index contributed by atoms with van der Waals surface area (Å²) in [7, 11) is 1.44. The fourth-order valence-electron chi connectivity index (χ4n) is 2.41. The van der Waals surface area contributed by atoms with Crippen molar-refractivity contribution in [1.82, 2.24) is 4.90 Å². The smallest absolute Gasteiger partial charge is 0.329 e. The molecule has 0 aliphatic carbocycles. The van der Waals surface area contributed by atoms with Crippen molar-refractivity contribution < 1.29 is 19.1 Å². The van der Waals surface area contributed by atoms with Crippen LogP contribution in [0.2, 0.25) is 10.0 Å². The Morgan fingerprint density at radius 3 is 2.71 bits per heavy atom. The van der Waals surface area contributed by atoms with Gasteiger partial charge in [-0.2, -0.15) is 0 Å². The second-order valence-electron chi connectivity index (χ2n) is 5.28. The number of nitrogens with zero attached hydrogens (tertiary/aromatic N) is 1. The molecule has 24 heavy (non-hydrogen) atoms. The van der Waals surface area contributed by atoms with Gasteiger partial charge in [0.1, 0.15) is 18.0 Å². The van der Waals surface area contributed by atoms with Gasteiger partial charge >= 0.3 is 5.97 Å². The number of carbonyl (C=O) groups is 2. The van der Waals surface area contributed by atoms with Crippen LogP contribution >= 0.6 is 35.0 Å². The Hall–Kier alpha value is -0.950. The predicted octanol–water partition coefficient (Wildman–Crippen LogP) is 3.54. The molecule has 1 saturated heterocycles. The number of methoxy groups -OCH3 is 1. The summed E-state index contributed by atoms with van der Waals surface area (Å²) in [6.07, 6.45) is 0.730. The molecule has 2 atom stereocenters. The fourth-order valence-corrected chi connectivity index (χ4v) is 4.14. The van der Waals surface area contributed by atoms with Crippen molar-refractivity contribution in [2.75, 3.05) is 26.1 Å². The monoisotopic (exact) mass is 391 g/mol. The molecule has 2 rings (SSSR count). The molecule has 0 aromatic heterocycles. The third kappa shape index (κ3) is 4.36. The molecule has 1 aromatic carbocycles. The largest absolute Gasteiger partial charge is 0.464 e. The maximum atomic E-state index is 12.5. The van der Waals surface area contributed by atoms with E-state index >= 15 is 0 Å². The van der Waals surface area contributed by atoms with Crippen molar-refractivity contribution in [2.45, 2.75) is 24.8 Å². The van der Waals surface area contributed by atoms with Gasteiger partial charge in [0.15, 0.2) is 0 Å². The second kappa shape index (κ2) is 8.94. The number of halogens is 2. The maximum Gasteiger partial charge on any atom is 0.329 e. The van der Waals surface area contributed by atoms with E-state index in [0.717, 1.165) is 12.0 Å². The lowest BCUT2D eigenvalue weighted by Gasteiger charge is -2.28. The summed E-state index contributed by atoms with van der Waals surface area (Å²) in [6.45, 7) is 2.16. The Labute approximate surface area is 155 Å². The first-order valence-electron chi connectivity index (χ1n) is 7.52. The molecule has 1 amide bonds. The molecule has 5 nitrogen and oxygen atoms in total. The van der Waals surface area contributed by atoms with Gasteiger partial charge in [-0.05, 0) is 24.1 Å². The summed E-state index contributed by atoms with van der Waals surface area (Å²) in [6, 6.07) is 4.57. The van der Waals surface area contributed by atoms with E-state index < -0.39 is 12.0 Å². The van der Waals surface area contributed by atoms with Crippen LogP contribution in [0.4, 0.5) is 0 Å². The maximum absolute atomic E-state index is 12.5. The number of ether oxygens (including phenoxy) is 2. The van der Waals surface area contributed by atoms with Gasteiger partial charge in [0, 0.05) is 12.9 Å². The first-order valence-corrected chi connectivity index (χ1v) is 9.33. The van der Waals surface area contributed by atoms with E-state index in [1.54, 1.807) is 18.2 Å². The zero-order valence-electron chi connectivity index (χ0n) is 13.5. The second-order valence-corrected chi connectivity index (χ2v) is 7.20. The minimum Gasteiger partial charge on any atom is -0.464 e. The van der Waals surface area contributed by atoms with Gasteiger partial charge in [0.2, 0.25) is 5.91 Å². The third-order valence-corrected chi connectivity index (χ3v) is 5.57. The minimum absolute atomic E-state index is 0.101. The number of thioether (sulfide) groups is 1. The van der Waals surface area contributed by atoms with Crippen molar-refractivity contribution in [1.29, 1.82) is 0 Å². The molecule has 0 bridgehead atoms. The topological polar surface area (TPSA) is 55.8 Å². The number of benzene rings is 1. The molecule has 0 saturated carbocycles. The molecule has 0 radical (unpaired) electrons. The number of esters is 1. The number of amides is 1. The Morgan fingerprint density at radius 1 is 1.33 bits per heavy atom. The highest BCUT2D eigenvalue weighted by Crippen LogP contribution is 2.43. The Balaban J connectivity index is 2.27. The van der Waals surface area contributed by atoms with E-state index in [9.17, 15) is 9.59 Å². The van der Waals surface area contributed by atoms with Gasteiger partial charge in [-0.25, -0.2) is 4.79 Å². The van der Waals surface area contributed by atoms with Crippen LogP contribution in [0.25, 0.3) is 0 Å². The van der Waals surface area contributed by atoms with Gasteiger partial charge in [-0.3, -0.25) is 4.79 Å². The molecule has 1 aromatic rings. The lowest BCUT2D eigenvalue weighted by Crippen LogP contribution is -2.45. The first kappa shape index (κ1) is 19.4. The molecule has 1 aliphatic heterocycles. The molecule has 132 valence electrons. The number of carbonyl (C=O) groups excluding carboxylic acids is 2. The summed E-state index contributed by atoms with van der Waals surface area (Å²) in [5.74, 6) is -0.198. The van der Waals surface area contributed by atoms with Crippen LogP contribution in [0.1, 0.15) is 24.3 Å². The van der Waals surface area contributed by atoms with Gasteiger partial charge in [0.25, 0.3) is 0 Å². The molecule has 2 unspecified atom stereocenters. The highest BCUT2D eigenvalue weighted by molar-refractivity contribution is 7.99. The van der Waals surface area contributed by atoms with Gasteiger partial charge < -0.3 is 14.4 Å². The van der Waals surface area contributed by atoms with Crippen LogP contribution < -0.4 is 0 Å². The van der Waals surface area contributed by atoms with E-state index in [4.69, 9.17) is 32.7 Å².